The molecule has 0 heterocycles. The highest BCUT2D eigenvalue weighted by molar-refractivity contribution is 7.89. The molecule has 0 bridgehead atoms. The van der Waals surface area contributed by atoms with Crippen LogP contribution in [0.1, 0.15) is 5.56 Å². The second-order valence-corrected chi connectivity index (χ2v) is 5.02. The highest BCUT2D eigenvalue weighted by Crippen LogP contribution is 2.13. The van der Waals surface area contributed by atoms with Crippen molar-refractivity contribution in [2.24, 2.45) is 0 Å². The molecule has 0 fully saturated rings. The molecule has 5 nitrogen and oxygen atoms in total. The van der Waals surface area contributed by atoms with Gasteiger partial charge in [-0.1, -0.05) is 0 Å². The van der Waals surface area contributed by atoms with Gasteiger partial charge >= 0.3 is 0 Å². The molecule has 0 amide bonds. The number of nitriles is 1. The Labute approximate surface area is 99.3 Å². The lowest BCUT2D eigenvalue weighted by Crippen LogP contribution is -2.30. The van der Waals surface area contributed by atoms with E-state index >= 15 is 0 Å². The number of likely N-dealkylation sites (N-methyl/N-ethyl adjacent to an activating group) is 1. The molecule has 0 atom stereocenters. The molecule has 2 N–H and O–H groups in total. The molecule has 0 radical (unpaired) electrons. The van der Waals surface area contributed by atoms with E-state index in [-0.39, 0.29) is 17.0 Å². The molecule has 0 saturated heterocycles. The first-order chi connectivity index (χ1) is 8.01. The standard InChI is InChI=1S/C10H12FN3O2S/c1-13-4-5-14-17(15,16)9-2-3-10(11)8(6-9)7-12/h2-3,6,13-14H,4-5H2,1H3. The number of nitrogens with one attached hydrogen (secondary N) is 2. The monoisotopic (exact) mass is 257 g/mol. The minimum atomic E-state index is -3.69. The normalized spacial score (nSPS) is 11.1. The molecule has 0 aromatic heterocycles. The van der Waals surface area contributed by atoms with E-state index in [0.717, 1.165) is 18.2 Å². The van der Waals surface area contributed by atoms with Gasteiger partial charge in [0.15, 0.2) is 0 Å². The Morgan fingerprint density at radius 1 is 1.41 bits per heavy atom. The topological polar surface area (TPSA) is 82.0 Å². The Morgan fingerprint density at radius 3 is 2.71 bits per heavy atom. The van der Waals surface area contributed by atoms with Gasteiger partial charge in [-0.3, -0.25) is 0 Å². The van der Waals surface area contributed by atoms with Crippen LogP contribution in [0.2, 0.25) is 0 Å². The Morgan fingerprint density at radius 2 is 2.12 bits per heavy atom. The van der Waals surface area contributed by atoms with Gasteiger partial charge in [0.25, 0.3) is 0 Å². The molecular weight excluding hydrogens is 245 g/mol. The average molecular weight is 257 g/mol. The summed E-state index contributed by atoms with van der Waals surface area (Å²) >= 11 is 0. The lowest BCUT2D eigenvalue weighted by molar-refractivity contribution is 0.578. The van der Waals surface area contributed by atoms with Crippen LogP contribution in [-0.4, -0.2) is 28.6 Å². The van der Waals surface area contributed by atoms with E-state index in [0.29, 0.717) is 6.54 Å². The van der Waals surface area contributed by atoms with Gasteiger partial charge in [-0.05, 0) is 25.2 Å². The second kappa shape index (κ2) is 5.72. The molecule has 7 heteroatoms. The predicted molar refractivity (Wildman–Crippen MR) is 60.2 cm³/mol. The lowest BCUT2D eigenvalue weighted by atomic mass is 10.2. The van der Waals surface area contributed by atoms with Gasteiger partial charge in [0.05, 0.1) is 10.5 Å². The maximum atomic E-state index is 13.0. The molecular formula is C10H12FN3O2S. The van der Waals surface area contributed by atoms with Crippen LogP contribution >= 0.6 is 0 Å². The zero-order chi connectivity index (χ0) is 12.9. The number of hydrogen-bond acceptors (Lipinski definition) is 4. The van der Waals surface area contributed by atoms with Crippen LogP contribution in [0, 0.1) is 17.1 Å². The summed E-state index contributed by atoms with van der Waals surface area (Å²) in [6.07, 6.45) is 0. The molecule has 1 rings (SSSR count). The van der Waals surface area contributed by atoms with Gasteiger partial charge in [-0.15, -0.1) is 0 Å². The first-order valence-electron chi connectivity index (χ1n) is 4.85. The summed E-state index contributed by atoms with van der Waals surface area (Å²) in [6, 6.07) is 4.69. The molecule has 0 aliphatic carbocycles. The average Bonchev–Trinajstić information content (AvgIpc) is 2.29. The van der Waals surface area contributed by atoms with Crippen molar-refractivity contribution >= 4 is 10.0 Å². The molecule has 0 saturated carbocycles. The highest BCUT2D eigenvalue weighted by atomic mass is 32.2. The first kappa shape index (κ1) is 13.6. The third-order valence-electron chi connectivity index (χ3n) is 2.04. The molecule has 0 spiro atoms. The zero-order valence-electron chi connectivity index (χ0n) is 9.20. The Hall–Kier alpha value is -1.49. The number of nitrogens with zero attached hydrogens (tertiary/aromatic N) is 1. The molecule has 92 valence electrons. The number of sulfonamides is 1. The van der Waals surface area contributed by atoms with Crippen LogP contribution in [-0.2, 0) is 10.0 Å². The lowest BCUT2D eigenvalue weighted by Gasteiger charge is -2.06. The SMILES string of the molecule is CNCCNS(=O)(=O)c1ccc(F)c(C#N)c1. The fraction of sp³-hybridized carbons (Fsp3) is 0.300. The number of halogens is 1. The van der Waals surface area contributed by atoms with Crippen molar-refractivity contribution in [3.05, 3.63) is 29.6 Å². The highest BCUT2D eigenvalue weighted by Gasteiger charge is 2.15. The summed E-state index contributed by atoms with van der Waals surface area (Å²) in [5, 5.41) is 11.4. The van der Waals surface area contributed by atoms with Crippen LogP contribution in [0.5, 0.6) is 0 Å². The number of benzene rings is 1. The molecule has 0 unspecified atom stereocenters. The smallest absolute Gasteiger partial charge is 0.240 e. The summed E-state index contributed by atoms with van der Waals surface area (Å²) in [5.41, 5.74) is -0.290. The second-order valence-electron chi connectivity index (χ2n) is 3.25. The van der Waals surface area contributed by atoms with E-state index < -0.39 is 15.8 Å². The minimum Gasteiger partial charge on any atom is -0.318 e. The fourth-order valence-electron chi connectivity index (χ4n) is 1.15. The van der Waals surface area contributed by atoms with Gasteiger partial charge in [0.1, 0.15) is 11.9 Å². The summed E-state index contributed by atoms with van der Waals surface area (Å²) < 4.78 is 38.8. The van der Waals surface area contributed by atoms with Crippen LogP contribution in [0.3, 0.4) is 0 Å². The summed E-state index contributed by atoms with van der Waals surface area (Å²) in [7, 11) is -2.00. The van der Waals surface area contributed by atoms with Crippen molar-refractivity contribution in [1.82, 2.24) is 10.0 Å². The molecule has 17 heavy (non-hydrogen) atoms. The summed E-state index contributed by atoms with van der Waals surface area (Å²) in [4.78, 5) is -0.119. The van der Waals surface area contributed by atoms with E-state index in [2.05, 4.69) is 10.0 Å². The van der Waals surface area contributed by atoms with Crippen LogP contribution in [0.15, 0.2) is 23.1 Å². The van der Waals surface area contributed by atoms with Crippen molar-refractivity contribution in [2.75, 3.05) is 20.1 Å². The fourth-order valence-corrected chi connectivity index (χ4v) is 2.21. The van der Waals surface area contributed by atoms with Crippen molar-refractivity contribution < 1.29 is 12.8 Å². The third-order valence-corrected chi connectivity index (χ3v) is 3.49. The van der Waals surface area contributed by atoms with Gasteiger partial charge in [-0.2, -0.15) is 5.26 Å². The van der Waals surface area contributed by atoms with Gasteiger partial charge in [0, 0.05) is 13.1 Å². The van der Waals surface area contributed by atoms with Crippen LogP contribution in [0.25, 0.3) is 0 Å². The largest absolute Gasteiger partial charge is 0.318 e. The van der Waals surface area contributed by atoms with E-state index in [1.165, 1.54) is 0 Å². The predicted octanol–water partition coefficient (Wildman–Crippen LogP) is 0.195. The van der Waals surface area contributed by atoms with Gasteiger partial charge in [0.2, 0.25) is 10.0 Å². The van der Waals surface area contributed by atoms with E-state index in [9.17, 15) is 12.8 Å². The minimum absolute atomic E-state index is 0.119. The van der Waals surface area contributed by atoms with Crippen molar-refractivity contribution in [3.63, 3.8) is 0 Å². The summed E-state index contributed by atoms with van der Waals surface area (Å²) in [6.45, 7) is 0.698. The summed E-state index contributed by atoms with van der Waals surface area (Å²) in [5.74, 6) is -0.735. The van der Waals surface area contributed by atoms with Crippen LogP contribution < -0.4 is 10.0 Å². The van der Waals surface area contributed by atoms with Crippen LogP contribution in [0.4, 0.5) is 4.39 Å². The molecule has 1 aromatic carbocycles. The zero-order valence-corrected chi connectivity index (χ0v) is 10.0. The number of rotatable bonds is 5. The van der Waals surface area contributed by atoms with Gasteiger partial charge in [-0.25, -0.2) is 17.5 Å². The van der Waals surface area contributed by atoms with Crippen molar-refractivity contribution in [2.45, 2.75) is 4.90 Å². The quantitative estimate of drug-likeness (QED) is 0.738. The Bertz CT molecular complexity index is 537. The molecule has 1 aromatic rings. The Balaban J connectivity index is 2.96. The van der Waals surface area contributed by atoms with Crippen molar-refractivity contribution in [3.8, 4) is 6.07 Å². The maximum Gasteiger partial charge on any atom is 0.240 e. The first-order valence-corrected chi connectivity index (χ1v) is 6.33. The van der Waals surface area contributed by atoms with E-state index in [1.54, 1.807) is 13.1 Å². The van der Waals surface area contributed by atoms with E-state index in [4.69, 9.17) is 5.26 Å². The van der Waals surface area contributed by atoms with Crippen molar-refractivity contribution in [1.29, 1.82) is 5.26 Å². The third kappa shape index (κ3) is 3.49. The Kier molecular flexibility index (Phi) is 4.57. The maximum absolute atomic E-state index is 13.0. The number of hydrogen-bond donors (Lipinski definition) is 2. The van der Waals surface area contributed by atoms with Gasteiger partial charge < -0.3 is 5.32 Å². The van der Waals surface area contributed by atoms with E-state index in [1.807, 2.05) is 0 Å². The molecule has 0 aliphatic heterocycles. The molecule has 0 aliphatic rings.